The van der Waals surface area contributed by atoms with Crippen LogP contribution < -0.4 is 21.3 Å². The molecule has 0 aliphatic carbocycles. The number of carbonyl (C=O) groups is 1. The first-order valence-electron chi connectivity index (χ1n) is 6.62. The number of rotatable bonds is 5. The summed E-state index contributed by atoms with van der Waals surface area (Å²) in [6.45, 7) is 2.35. The quantitative estimate of drug-likeness (QED) is 0.581. The first-order chi connectivity index (χ1) is 10.1. The maximum absolute atomic E-state index is 12.2. The highest BCUT2D eigenvalue weighted by Crippen LogP contribution is 2.15. The maximum Gasteiger partial charge on any atom is 0.251 e. The van der Waals surface area contributed by atoms with Gasteiger partial charge in [-0.25, -0.2) is 0 Å². The molecule has 5 heteroatoms. The molecule has 4 N–H and O–H groups in total. The predicted molar refractivity (Wildman–Crippen MR) is 83.2 cm³/mol. The van der Waals surface area contributed by atoms with E-state index in [1.807, 2.05) is 37.3 Å². The van der Waals surface area contributed by atoms with Crippen molar-refractivity contribution in [3.63, 3.8) is 0 Å². The average molecular weight is 285 g/mol. The molecule has 0 saturated carbocycles. The molecule has 0 unspecified atom stereocenters. The zero-order chi connectivity index (χ0) is 15.2. The third kappa shape index (κ3) is 3.73. The number of carbonyl (C=O) groups excluding carboxylic acids is 1. The van der Waals surface area contributed by atoms with Gasteiger partial charge in [-0.3, -0.25) is 10.6 Å². The standard InChI is InChI=1S/C16H19N3O2/c1-11-9-13(19-17)5-8-15(11)16(20)18-10-12-3-6-14(21-2)7-4-12/h3-9,19H,10,17H2,1-2H3,(H,18,20). The van der Waals surface area contributed by atoms with Crippen LogP contribution in [-0.2, 0) is 6.54 Å². The molecule has 0 bridgehead atoms. The molecule has 0 aromatic heterocycles. The normalized spacial score (nSPS) is 10.0. The number of hydrazine groups is 1. The molecule has 110 valence electrons. The van der Waals surface area contributed by atoms with E-state index in [0.29, 0.717) is 12.1 Å². The lowest BCUT2D eigenvalue weighted by atomic mass is 10.1. The van der Waals surface area contributed by atoms with E-state index in [0.717, 1.165) is 22.6 Å². The number of nitrogens with one attached hydrogen (secondary N) is 2. The number of benzene rings is 2. The molecule has 0 heterocycles. The van der Waals surface area contributed by atoms with Crippen LogP contribution in [0.2, 0.25) is 0 Å². The van der Waals surface area contributed by atoms with Crippen molar-refractivity contribution in [3.05, 3.63) is 59.2 Å². The Kier molecular flexibility index (Phi) is 4.79. The van der Waals surface area contributed by atoms with Crippen LogP contribution in [0.25, 0.3) is 0 Å². The van der Waals surface area contributed by atoms with Gasteiger partial charge in [-0.1, -0.05) is 12.1 Å². The lowest BCUT2D eigenvalue weighted by Crippen LogP contribution is -2.23. The molecule has 21 heavy (non-hydrogen) atoms. The second kappa shape index (κ2) is 6.76. The lowest BCUT2D eigenvalue weighted by molar-refractivity contribution is 0.0950. The highest BCUT2D eigenvalue weighted by atomic mass is 16.5. The van der Waals surface area contributed by atoms with E-state index in [-0.39, 0.29) is 5.91 Å². The van der Waals surface area contributed by atoms with Crippen LogP contribution >= 0.6 is 0 Å². The predicted octanol–water partition coefficient (Wildman–Crippen LogP) is 2.22. The largest absolute Gasteiger partial charge is 0.497 e. The Morgan fingerprint density at radius 3 is 2.48 bits per heavy atom. The van der Waals surface area contributed by atoms with Crippen molar-refractivity contribution in [2.24, 2.45) is 5.84 Å². The first kappa shape index (κ1) is 14.9. The molecule has 5 nitrogen and oxygen atoms in total. The summed E-state index contributed by atoms with van der Waals surface area (Å²) >= 11 is 0. The molecule has 2 aromatic carbocycles. The van der Waals surface area contributed by atoms with Crippen LogP contribution in [0.3, 0.4) is 0 Å². The second-order valence-corrected chi connectivity index (χ2v) is 4.70. The number of methoxy groups -OCH3 is 1. The number of anilines is 1. The molecule has 0 saturated heterocycles. The Hall–Kier alpha value is -2.53. The average Bonchev–Trinajstić information content (AvgIpc) is 2.52. The second-order valence-electron chi connectivity index (χ2n) is 4.70. The Balaban J connectivity index is 2.00. The number of nitrogens with two attached hydrogens (primary N) is 1. The van der Waals surface area contributed by atoms with Crippen molar-refractivity contribution in [2.75, 3.05) is 12.5 Å². The van der Waals surface area contributed by atoms with Crippen LogP contribution in [0, 0.1) is 6.92 Å². The highest BCUT2D eigenvalue weighted by molar-refractivity contribution is 5.96. The van der Waals surface area contributed by atoms with Gasteiger partial charge in [-0.15, -0.1) is 0 Å². The number of hydrogen-bond acceptors (Lipinski definition) is 4. The van der Waals surface area contributed by atoms with E-state index < -0.39 is 0 Å². The molecule has 2 aromatic rings. The van der Waals surface area contributed by atoms with E-state index in [9.17, 15) is 4.79 Å². The van der Waals surface area contributed by atoms with Crippen LogP contribution in [0.15, 0.2) is 42.5 Å². The summed E-state index contributed by atoms with van der Waals surface area (Å²) in [6.07, 6.45) is 0. The SMILES string of the molecule is COc1ccc(CNC(=O)c2ccc(NN)cc2C)cc1. The summed E-state index contributed by atoms with van der Waals surface area (Å²) in [4.78, 5) is 12.2. The van der Waals surface area contributed by atoms with Crippen LogP contribution in [-0.4, -0.2) is 13.0 Å². The van der Waals surface area contributed by atoms with Gasteiger partial charge in [-0.05, 0) is 48.4 Å². The fourth-order valence-electron chi connectivity index (χ4n) is 2.03. The topological polar surface area (TPSA) is 76.4 Å². The zero-order valence-electron chi connectivity index (χ0n) is 12.1. The number of aryl methyl sites for hydroxylation is 1. The minimum atomic E-state index is -0.105. The van der Waals surface area contributed by atoms with Crippen molar-refractivity contribution < 1.29 is 9.53 Å². The molecule has 0 atom stereocenters. The van der Waals surface area contributed by atoms with Crippen molar-refractivity contribution in [2.45, 2.75) is 13.5 Å². The van der Waals surface area contributed by atoms with Gasteiger partial charge < -0.3 is 15.5 Å². The van der Waals surface area contributed by atoms with Gasteiger partial charge in [0.15, 0.2) is 0 Å². The monoisotopic (exact) mass is 285 g/mol. The minimum Gasteiger partial charge on any atom is -0.497 e. The Bertz CT molecular complexity index is 624. The van der Waals surface area contributed by atoms with Gasteiger partial charge in [0.1, 0.15) is 5.75 Å². The van der Waals surface area contributed by atoms with Crippen molar-refractivity contribution >= 4 is 11.6 Å². The van der Waals surface area contributed by atoms with Crippen molar-refractivity contribution in [3.8, 4) is 5.75 Å². The summed E-state index contributed by atoms with van der Waals surface area (Å²) < 4.78 is 5.10. The number of nitrogen functional groups attached to an aromatic ring is 1. The van der Waals surface area contributed by atoms with Gasteiger partial charge in [0.05, 0.1) is 7.11 Å². The maximum atomic E-state index is 12.2. The molecule has 0 radical (unpaired) electrons. The number of ether oxygens (including phenoxy) is 1. The lowest BCUT2D eigenvalue weighted by Gasteiger charge is -2.10. The summed E-state index contributed by atoms with van der Waals surface area (Å²) in [5.41, 5.74) is 5.87. The number of amides is 1. The fraction of sp³-hybridized carbons (Fsp3) is 0.188. The van der Waals surface area contributed by atoms with E-state index in [1.54, 1.807) is 19.2 Å². The minimum absolute atomic E-state index is 0.105. The summed E-state index contributed by atoms with van der Waals surface area (Å²) in [5.74, 6) is 6.03. The van der Waals surface area contributed by atoms with E-state index in [2.05, 4.69) is 10.7 Å². The van der Waals surface area contributed by atoms with Crippen LogP contribution in [0.1, 0.15) is 21.5 Å². The fourth-order valence-corrected chi connectivity index (χ4v) is 2.03. The number of hydrogen-bond donors (Lipinski definition) is 3. The molecule has 0 fully saturated rings. The van der Waals surface area contributed by atoms with E-state index in [4.69, 9.17) is 10.6 Å². The Labute approximate surface area is 124 Å². The van der Waals surface area contributed by atoms with Crippen molar-refractivity contribution in [1.82, 2.24) is 5.32 Å². The summed E-state index contributed by atoms with van der Waals surface area (Å²) in [7, 11) is 1.62. The molecule has 0 aliphatic rings. The zero-order valence-corrected chi connectivity index (χ0v) is 12.1. The first-order valence-corrected chi connectivity index (χ1v) is 6.62. The van der Waals surface area contributed by atoms with Gasteiger partial charge >= 0.3 is 0 Å². The molecule has 0 spiro atoms. The Morgan fingerprint density at radius 1 is 1.19 bits per heavy atom. The van der Waals surface area contributed by atoms with E-state index >= 15 is 0 Å². The Morgan fingerprint density at radius 2 is 1.90 bits per heavy atom. The molecular weight excluding hydrogens is 266 g/mol. The van der Waals surface area contributed by atoms with Crippen LogP contribution in [0.4, 0.5) is 5.69 Å². The third-order valence-corrected chi connectivity index (χ3v) is 3.25. The van der Waals surface area contributed by atoms with Gasteiger partial charge in [0.2, 0.25) is 0 Å². The van der Waals surface area contributed by atoms with Crippen LogP contribution in [0.5, 0.6) is 5.75 Å². The summed E-state index contributed by atoms with van der Waals surface area (Å²) in [6, 6.07) is 13.0. The van der Waals surface area contributed by atoms with Crippen molar-refractivity contribution in [1.29, 1.82) is 0 Å². The van der Waals surface area contributed by atoms with E-state index in [1.165, 1.54) is 0 Å². The highest BCUT2D eigenvalue weighted by Gasteiger charge is 2.09. The van der Waals surface area contributed by atoms with Gasteiger partial charge in [-0.2, -0.15) is 0 Å². The molecular formula is C16H19N3O2. The molecule has 2 rings (SSSR count). The summed E-state index contributed by atoms with van der Waals surface area (Å²) in [5, 5.41) is 2.90. The smallest absolute Gasteiger partial charge is 0.251 e. The molecule has 0 aliphatic heterocycles. The molecule has 1 amide bonds. The van der Waals surface area contributed by atoms with Gasteiger partial charge in [0.25, 0.3) is 5.91 Å². The van der Waals surface area contributed by atoms with Gasteiger partial charge in [0, 0.05) is 17.8 Å². The third-order valence-electron chi connectivity index (χ3n) is 3.25.